The predicted octanol–water partition coefficient (Wildman–Crippen LogP) is 0.552. The van der Waals surface area contributed by atoms with Gasteiger partial charge >= 0.3 is 0 Å². The highest BCUT2D eigenvalue weighted by molar-refractivity contribution is 5.13. The van der Waals surface area contributed by atoms with Gasteiger partial charge in [-0.25, -0.2) is 0 Å². The van der Waals surface area contributed by atoms with E-state index in [1.165, 1.54) is 0 Å². The average molecular weight is 237 g/mol. The fourth-order valence-electron chi connectivity index (χ4n) is 1.86. The maximum Gasteiger partial charge on any atom is 0.0938 e. The molecule has 0 radical (unpaired) electrons. The quantitative estimate of drug-likeness (QED) is 0.785. The molecule has 94 valence electrons. The van der Waals surface area contributed by atoms with E-state index in [9.17, 15) is 0 Å². The molecule has 1 fully saturated rings. The van der Waals surface area contributed by atoms with Gasteiger partial charge in [-0.1, -0.05) is 30.3 Å². The Balaban J connectivity index is 1.68. The van der Waals surface area contributed by atoms with Crippen LogP contribution in [0.1, 0.15) is 5.56 Å². The minimum atomic E-state index is -0.103. The molecule has 2 atom stereocenters. The number of benzene rings is 1. The Hall–Kier alpha value is -0.940. The van der Waals surface area contributed by atoms with Crippen molar-refractivity contribution < 1.29 is 14.6 Å². The van der Waals surface area contributed by atoms with Crippen molar-refractivity contribution in [2.24, 2.45) is 0 Å². The van der Waals surface area contributed by atoms with E-state index in [1.54, 1.807) is 0 Å². The van der Waals surface area contributed by atoms with Crippen molar-refractivity contribution >= 4 is 0 Å². The summed E-state index contributed by atoms with van der Waals surface area (Å²) in [6.45, 7) is 2.71. The first-order valence-corrected chi connectivity index (χ1v) is 5.97. The van der Waals surface area contributed by atoms with E-state index in [2.05, 4.69) is 5.32 Å². The van der Waals surface area contributed by atoms with Crippen molar-refractivity contribution in [2.75, 3.05) is 26.3 Å². The molecule has 17 heavy (non-hydrogen) atoms. The molecule has 1 saturated heterocycles. The second kappa shape index (κ2) is 6.71. The number of hydrogen-bond donors (Lipinski definition) is 2. The minimum absolute atomic E-state index is 0.0320. The fourth-order valence-corrected chi connectivity index (χ4v) is 1.86. The van der Waals surface area contributed by atoms with Crippen LogP contribution in [0.4, 0.5) is 0 Å². The summed E-state index contributed by atoms with van der Waals surface area (Å²) in [5.41, 5.74) is 1.16. The number of morpholine rings is 1. The lowest BCUT2D eigenvalue weighted by atomic mass is 10.2. The summed E-state index contributed by atoms with van der Waals surface area (Å²) in [6, 6.07) is 10.1. The Morgan fingerprint density at radius 3 is 2.76 bits per heavy atom. The topological polar surface area (TPSA) is 50.7 Å². The molecule has 0 unspecified atom stereocenters. The van der Waals surface area contributed by atoms with Gasteiger partial charge in [0.1, 0.15) is 0 Å². The van der Waals surface area contributed by atoms with Gasteiger partial charge in [0.15, 0.2) is 0 Å². The summed E-state index contributed by atoms with van der Waals surface area (Å²) in [4.78, 5) is 0. The molecule has 4 heteroatoms. The Bertz CT molecular complexity index is 318. The molecule has 0 saturated carbocycles. The summed E-state index contributed by atoms with van der Waals surface area (Å²) >= 11 is 0. The first kappa shape index (κ1) is 12.5. The molecular weight excluding hydrogens is 218 g/mol. The number of ether oxygens (including phenoxy) is 2. The average Bonchev–Trinajstić information content (AvgIpc) is 2.40. The van der Waals surface area contributed by atoms with Crippen molar-refractivity contribution in [3.8, 4) is 0 Å². The Morgan fingerprint density at radius 2 is 2.00 bits per heavy atom. The van der Waals surface area contributed by atoms with Crippen LogP contribution in [0.3, 0.4) is 0 Å². The second-order valence-corrected chi connectivity index (χ2v) is 4.22. The maximum absolute atomic E-state index is 9.01. The third kappa shape index (κ3) is 4.09. The van der Waals surface area contributed by atoms with Gasteiger partial charge in [-0.05, 0) is 5.56 Å². The third-order valence-electron chi connectivity index (χ3n) is 2.75. The molecule has 2 N–H and O–H groups in total. The number of hydrogen-bond acceptors (Lipinski definition) is 4. The summed E-state index contributed by atoms with van der Waals surface area (Å²) in [5, 5.41) is 12.2. The van der Waals surface area contributed by atoms with Crippen LogP contribution in [-0.2, 0) is 16.1 Å². The highest BCUT2D eigenvalue weighted by atomic mass is 16.5. The van der Waals surface area contributed by atoms with Gasteiger partial charge < -0.3 is 19.9 Å². The molecule has 1 aliphatic rings. The summed E-state index contributed by atoms with van der Waals surface area (Å²) < 4.78 is 11.2. The van der Waals surface area contributed by atoms with Gasteiger partial charge in [0.05, 0.1) is 32.0 Å². The van der Waals surface area contributed by atoms with Crippen molar-refractivity contribution in [1.82, 2.24) is 5.32 Å². The van der Waals surface area contributed by atoms with Crippen molar-refractivity contribution in [3.63, 3.8) is 0 Å². The van der Waals surface area contributed by atoms with Crippen LogP contribution < -0.4 is 5.32 Å². The van der Waals surface area contributed by atoms with Crippen molar-refractivity contribution in [2.45, 2.75) is 18.8 Å². The zero-order chi connectivity index (χ0) is 11.9. The smallest absolute Gasteiger partial charge is 0.0938 e. The number of rotatable bonds is 5. The monoisotopic (exact) mass is 237 g/mol. The van der Waals surface area contributed by atoms with E-state index in [-0.39, 0.29) is 18.8 Å². The van der Waals surface area contributed by atoms with E-state index in [1.807, 2.05) is 30.3 Å². The van der Waals surface area contributed by atoms with Crippen LogP contribution in [0.25, 0.3) is 0 Å². The molecule has 0 amide bonds. The zero-order valence-electron chi connectivity index (χ0n) is 9.84. The molecule has 0 aromatic heterocycles. The van der Waals surface area contributed by atoms with Crippen LogP contribution in [-0.4, -0.2) is 43.6 Å². The molecule has 0 bridgehead atoms. The normalized spacial score (nSPS) is 24.8. The number of aliphatic hydroxyl groups is 1. The first-order valence-electron chi connectivity index (χ1n) is 5.97. The number of aliphatic hydroxyl groups excluding tert-OH is 1. The second-order valence-electron chi connectivity index (χ2n) is 4.22. The zero-order valence-corrected chi connectivity index (χ0v) is 9.84. The summed E-state index contributed by atoms with van der Waals surface area (Å²) in [7, 11) is 0. The van der Waals surface area contributed by atoms with Crippen LogP contribution >= 0.6 is 0 Å². The lowest BCUT2D eigenvalue weighted by molar-refractivity contribution is -0.0934. The molecular formula is C13H19NO3. The predicted molar refractivity (Wildman–Crippen MR) is 64.7 cm³/mol. The molecule has 1 heterocycles. The van der Waals surface area contributed by atoms with E-state index in [0.29, 0.717) is 19.8 Å². The lowest BCUT2D eigenvalue weighted by Crippen LogP contribution is -2.47. The van der Waals surface area contributed by atoms with Crippen molar-refractivity contribution in [1.29, 1.82) is 0 Å². The lowest BCUT2D eigenvalue weighted by Gasteiger charge is -2.29. The van der Waals surface area contributed by atoms with Crippen molar-refractivity contribution in [3.05, 3.63) is 35.9 Å². The molecule has 1 aliphatic heterocycles. The highest BCUT2D eigenvalue weighted by Crippen LogP contribution is 2.06. The van der Waals surface area contributed by atoms with Crippen LogP contribution in [0, 0.1) is 0 Å². The van der Waals surface area contributed by atoms with Gasteiger partial charge in [0, 0.05) is 13.1 Å². The largest absolute Gasteiger partial charge is 0.394 e. The van der Waals surface area contributed by atoms with Gasteiger partial charge in [0.25, 0.3) is 0 Å². The van der Waals surface area contributed by atoms with E-state index < -0.39 is 0 Å². The van der Waals surface area contributed by atoms with Gasteiger partial charge in [-0.2, -0.15) is 0 Å². The number of nitrogens with one attached hydrogen (secondary N) is 1. The summed E-state index contributed by atoms with van der Waals surface area (Å²) in [5.74, 6) is 0. The molecule has 0 aliphatic carbocycles. The standard InChI is InChI=1S/C13H19NO3/c15-8-12-6-14-7-13(17-12)10-16-9-11-4-2-1-3-5-11/h1-5,12-15H,6-10H2/t12-,13+/m1/s1. The minimum Gasteiger partial charge on any atom is -0.394 e. The summed E-state index contributed by atoms with van der Waals surface area (Å²) in [6.07, 6.45) is -0.0707. The molecule has 1 aromatic rings. The van der Waals surface area contributed by atoms with Gasteiger partial charge in [-0.3, -0.25) is 0 Å². The van der Waals surface area contributed by atoms with Gasteiger partial charge in [0.2, 0.25) is 0 Å². The van der Waals surface area contributed by atoms with E-state index in [0.717, 1.165) is 12.1 Å². The van der Waals surface area contributed by atoms with E-state index in [4.69, 9.17) is 14.6 Å². The molecule has 4 nitrogen and oxygen atoms in total. The first-order chi connectivity index (χ1) is 8.38. The molecule has 0 spiro atoms. The Labute approximate surface area is 102 Å². The third-order valence-corrected chi connectivity index (χ3v) is 2.75. The highest BCUT2D eigenvalue weighted by Gasteiger charge is 2.21. The molecule has 2 rings (SSSR count). The van der Waals surface area contributed by atoms with E-state index >= 15 is 0 Å². The molecule has 1 aromatic carbocycles. The van der Waals surface area contributed by atoms with Crippen LogP contribution in [0.2, 0.25) is 0 Å². The maximum atomic E-state index is 9.01. The van der Waals surface area contributed by atoms with Gasteiger partial charge in [-0.15, -0.1) is 0 Å². The SMILES string of the molecule is OC[C@H]1CNC[C@@H](COCc2ccccc2)O1. The van der Waals surface area contributed by atoms with Crippen LogP contribution in [0.15, 0.2) is 30.3 Å². The fraction of sp³-hybridized carbons (Fsp3) is 0.538. The van der Waals surface area contributed by atoms with Crippen LogP contribution in [0.5, 0.6) is 0 Å². The Kier molecular flexibility index (Phi) is 4.94. The Morgan fingerprint density at radius 1 is 1.24 bits per heavy atom.